The van der Waals surface area contributed by atoms with Crippen LogP contribution in [-0.2, 0) is 4.79 Å². The van der Waals surface area contributed by atoms with E-state index in [1.165, 1.54) is 26.8 Å². The fraction of sp³-hybridized carbons (Fsp3) is 0.0952. The van der Waals surface area contributed by atoms with Crippen molar-refractivity contribution in [2.75, 3.05) is 5.32 Å². The molecule has 11 nitrogen and oxygen atoms in total. The molecule has 0 aliphatic heterocycles. The Hall–Kier alpha value is -4.63. The first kappa shape index (κ1) is 21.6. The number of thiazole rings is 1. The molecule has 0 saturated carbocycles. The number of aryl methyl sites for hydroxylation is 1. The smallest absolute Gasteiger partial charge is 0.247 e. The molecule has 0 spiro atoms. The van der Waals surface area contributed by atoms with Crippen LogP contribution in [-0.4, -0.2) is 35.6 Å². The molecule has 3 heterocycles. The monoisotopic (exact) mass is 459 g/mol. The second kappa shape index (κ2) is 8.85. The maximum atomic E-state index is 11.4. The Kier molecular flexibility index (Phi) is 5.79. The standard InChI is InChI=1S/C21H17N9O2S/c1-4-17(31)24-14-5-7-15(8-6-14)30-20(32)18(12(2)27-30)25-26-19-16(11-22)13(3)29(28-19)21-23-9-10-33-21/h4-10,32H,1H2,2-3H3,(H,24,31). The van der Waals surface area contributed by atoms with Gasteiger partial charge in [0.05, 0.1) is 17.1 Å². The van der Waals surface area contributed by atoms with Crippen LogP contribution in [0.3, 0.4) is 0 Å². The number of carbonyl (C=O) groups excluding carboxylic acids is 1. The predicted molar refractivity (Wildman–Crippen MR) is 122 cm³/mol. The van der Waals surface area contributed by atoms with Gasteiger partial charge in [0.2, 0.25) is 22.7 Å². The highest BCUT2D eigenvalue weighted by Gasteiger charge is 2.19. The fourth-order valence-electron chi connectivity index (χ4n) is 2.98. The maximum absolute atomic E-state index is 11.4. The van der Waals surface area contributed by atoms with Crippen LogP contribution >= 0.6 is 11.3 Å². The number of benzene rings is 1. The zero-order chi connectivity index (χ0) is 23.5. The van der Waals surface area contributed by atoms with Crippen molar-refractivity contribution in [1.82, 2.24) is 24.5 Å². The molecule has 4 rings (SSSR count). The number of nitrogens with zero attached hydrogens (tertiary/aromatic N) is 8. The molecule has 1 aromatic carbocycles. The number of nitriles is 1. The maximum Gasteiger partial charge on any atom is 0.247 e. The van der Waals surface area contributed by atoms with Crippen LogP contribution in [0.1, 0.15) is 17.0 Å². The average molecular weight is 459 g/mol. The lowest BCUT2D eigenvalue weighted by Gasteiger charge is -2.05. The minimum atomic E-state index is -0.326. The van der Waals surface area contributed by atoms with Gasteiger partial charge in [-0.1, -0.05) is 6.58 Å². The van der Waals surface area contributed by atoms with E-state index in [1.54, 1.807) is 49.7 Å². The van der Waals surface area contributed by atoms with Crippen molar-refractivity contribution in [3.63, 3.8) is 0 Å². The van der Waals surface area contributed by atoms with Crippen molar-refractivity contribution in [2.24, 2.45) is 10.2 Å². The number of aromatic nitrogens is 5. The van der Waals surface area contributed by atoms with Gasteiger partial charge in [0.25, 0.3) is 0 Å². The highest BCUT2D eigenvalue weighted by molar-refractivity contribution is 7.12. The average Bonchev–Trinajstić information content (AvgIpc) is 3.51. The highest BCUT2D eigenvalue weighted by Crippen LogP contribution is 2.34. The van der Waals surface area contributed by atoms with Gasteiger partial charge >= 0.3 is 0 Å². The van der Waals surface area contributed by atoms with E-state index >= 15 is 0 Å². The van der Waals surface area contributed by atoms with Gasteiger partial charge in [0.15, 0.2) is 5.69 Å². The first-order chi connectivity index (χ1) is 15.9. The van der Waals surface area contributed by atoms with Crippen LogP contribution in [0.4, 0.5) is 17.2 Å². The lowest BCUT2D eigenvalue weighted by Crippen LogP contribution is -2.07. The van der Waals surface area contributed by atoms with Crippen molar-refractivity contribution >= 4 is 34.4 Å². The van der Waals surface area contributed by atoms with Crippen LogP contribution in [0.2, 0.25) is 0 Å². The molecule has 0 aliphatic rings. The summed E-state index contributed by atoms with van der Waals surface area (Å²) in [5, 5.41) is 42.2. The highest BCUT2D eigenvalue weighted by atomic mass is 32.1. The molecule has 0 radical (unpaired) electrons. The summed E-state index contributed by atoms with van der Waals surface area (Å²) in [6.45, 7) is 6.83. The van der Waals surface area contributed by atoms with Gasteiger partial charge in [-0.15, -0.1) is 26.7 Å². The zero-order valence-corrected chi connectivity index (χ0v) is 18.4. The molecule has 0 bridgehead atoms. The number of anilines is 1. The number of hydrogen-bond donors (Lipinski definition) is 2. The molecule has 0 unspecified atom stereocenters. The molecule has 0 fully saturated rings. The Bertz CT molecular complexity index is 1410. The molecule has 4 aromatic rings. The number of azo groups is 1. The number of carbonyl (C=O) groups is 1. The molecular formula is C21H17N9O2S. The van der Waals surface area contributed by atoms with E-state index in [2.05, 4.69) is 43.4 Å². The van der Waals surface area contributed by atoms with Gasteiger partial charge in [0, 0.05) is 17.3 Å². The van der Waals surface area contributed by atoms with Crippen molar-refractivity contribution in [2.45, 2.75) is 13.8 Å². The van der Waals surface area contributed by atoms with E-state index < -0.39 is 0 Å². The normalized spacial score (nSPS) is 10.9. The zero-order valence-electron chi connectivity index (χ0n) is 17.6. The van der Waals surface area contributed by atoms with E-state index in [4.69, 9.17) is 0 Å². The minimum absolute atomic E-state index is 0.110. The molecular weight excluding hydrogens is 442 g/mol. The lowest BCUT2D eigenvalue weighted by molar-refractivity contribution is -0.111. The van der Waals surface area contributed by atoms with Crippen LogP contribution < -0.4 is 5.32 Å². The summed E-state index contributed by atoms with van der Waals surface area (Å²) in [6, 6.07) is 8.78. The number of rotatable bonds is 6. The summed E-state index contributed by atoms with van der Waals surface area (Å²) in [6.07, 6.45) is 2.82. The van der Waals surface area contributed by atoms with Crippen LogP contribution in [0.5, 0.6) is 5.88 Å². The third kappa shape index (κ3) is 4.12. The quantitative estimate of drug-likeness (QED) is 0.325. The molecule has 2 N–H and O–H groups in total. The largest absolute Gasteiger partial charge is 0.492 e. The van der Waals surface area contributed by atoms with Crippen molar-refractivity contribution in [3.8, 4) is 22.8 Å². The second-order valence-corrected chi connectivity index (χ2v) is 7.60. The number of nitrogens with one attached hydrogen (secondary N) is 1. The van der Waals surface area contributed by atoms with Gasteiger partial charge in [-0.3, -0.25) is 4.79 Å². The van der Waals surface area contributed by atoms with Gasteiger partial charge in [-0.05, 0) is 44.2 Å². The van der Waals surface area contributed by atoms with Gasteiger partial charge in [0.1, 0.15) is 11.6 Å². The Morgan fingerprint density at radius 1 is 1.24 bits per heavy atom. The van der Waals surface area contributed by atoms with Gasteiger partial charge in [-0.25, -0.2) is 9.67 Å². The van der Waals surface area contributed by atoms with Gasteiger partial charge < -0.3 is 10.4 Å². The molecule has 0 atom stereocenters. The topological polar surface area (TPSA) is 146 Å². The van der Waals surface area contributed by atoms with E-state index in [1.807, 2.05) is 0 Å². The predicted octanol–water partition coefficient (Wildman–Crippen LogP) is 4.25. The molecule has 0 aliphatic carbocycles. The van der Waals surface area contributed by atoms with Crippen LogP contribution in [0.15, 0.2) is 58.7 Å². The van der Waals surface area contributed by atoms with E-state index in [0.29, 0.717) is 27.9 Å². The summed E-state index contributed by atoms with van der Waals surface area (Å²) in [4.78, 5) is 15.6. The summed E-state index contributed by atoms with van der Waals surface area (Å²) >= 11 is 1.37. The Morgan fingerprint density at radius 3 is 2.64 bits per heavy atom. The van der Waals surface area contributed by atoms with E-state index in [-0.39, 0.29) is 28.9 Å². The summed E-state index contributed by atoms with van der Waals surface area (Å²) in [5.74, 6) is -0.444. The Balaban J connectivity index is 1.65. The molecule has 3 aromatic heterocycles. The second-order valence-electron chi connectivity index (χ2n) is 6.73. The summed E-state index contributed by atoms with van der Waals surface area (Å²) < 4.78 is 2.83. The summed E-state index contributed by atoms with van der Waals surface area (Å²) in [5.41, 5.74) is 2.54. The molecule has 33 heavy (non-hydrogen) atoms. The lowest BCUT2D eigenvalue weighted by atomic mass is 10.2. The van der Waals surface area contributed by atoms with Crippen molar-refractivity contribution in [3.05, 3.63) is 65.4 Å². The van der Waals surface area contributed by atoms with Crippen molar-refractivity contribution in [1.29, 1.82) is 5.26 Å². The van der Waals surface area contributed by atoms with Crippen LogP contribution in [0.25, 0.3) is 10.8 Å². The van der Waals surface area contributed by atoms with E-state index in [0.717, 1.165) is 0 Å². The third-order valence-electron chi connectivity index (χ3n) is 4.62. The van der Waals surface area contributed by atoms with E-state index in [9.17, 15) is 15.2 Å². The molecule has 0 saturated heterocycles. The number of aromatic hydroxyl groups is 1. The SMILES string of the molecule is C=CC(=O)Nc1ccc(-n2nc(C)c(N=Nc3nn(-c4nccs4)c(C)c3C#N)c2O)cc1. The Labute approximate surface area is 192 Å². The molecule has 1 amide bonds. The van der Waals surface area contributed by atoms with Gasteiger partial charge in [-0.2, -0.15) is 15.0 Å². The fourth-order valence-corrected chi connectivity index (χ4v) is 3.62. The number of hydrogen-bond acceptors (Lipinski definition) is 9. The first-order valence-corrected chi connectivity index (χ1v) is 10.4. The third-order valence-corrected chi connectivity index (χ3v) is 5.37. The Morgan fingerprint density at radius 2 is 2.00 bits per heavy atom. The number of amides is 1. The first-order valence-electron chi connectivity index (χ1n) is 9.56. The van der Waals surface area contributed by atoms with Crippen LogP contribution in [0, 0.1) is 25.2 Å². The minimum Gasteiger partial charge on any atom is -0.492 e. The summed E-state index contributed by atoms with van der Waals surface area (Å²) in [7, 11) is 0. The molecule has 12 heteroatoms. The van der Waals surface area contributed by atoms with Crippen molar-refractivity contribution < 1.29 is 9.90 Å². The molecule has 164 valence electrons.